The third-order valence-electron chi connectivity index (χ3n) is 3.58. The van der Waals surface area contributed by atoms with E-state index in [2.05, 4.69) is 25.2 Å². The van der Waals surface area contributed by atoms with E-state index in [1.54, 1.807) is 24.8 Å². The molecule has 5 nitrogen and oxygen atoms in total. The van der Waals surface area contributed by atoms with Crippen LogP contribution in [-0.4, -0.2) is 40.1 Å². The predicted molar refractivity (Wildman–Crippen MR) is 78.1 cm³/mol. The number of fused-ring (bicyclic) bond motifs is 1. The van der Waals surface area contributed by atoms with Crippen molar-refractivity contribution in [1.29, 1.82) is 0 Å². The predicted octanol–water partition coefficient (Wildman–Crippen LogP) is 1.85. The molecule has 106 valence electrons. The van der Waals surface area contributed by atoms with Crippen molar-refractivity contribution in [1.82, 2.24) is 19.9 Å². The summed E-state index contributed by atoms with van der Waals surface area (Å²) in [6.45, 7) is 4.96. The van der Waals surface area contributed by atoms with E-state index < -0.39 is 0 Å². The van der Waals surface area contributed by atoms with Gasteiger partial charge < -0.3 is 4.74 Å². The third-order valence-corrected chi connectivity index (χ3v) is 4.41. The molecule has 3 rings (SSSR count). The van der Waals surface area contributed by atoms with E-state index >= 15 is 0 Å². The minimum absolute atomic E-state index is 0.723. The normalized spacial score (nSPS) is 15.7. The lowest BCUT2D eigenvalue weighted by Gasteiger charge is -2.18. The number of ether oxygens (including phenoxy) is 1. The molecule has 0 amide bonds. The van der Waals surface area contributed by atoms with E-state index in [4.69, 9.17) is 4.74 Å². The summed E-state index contributed by atoms with van der Waals surface area (Å²) in [5.41, 5.74) is 3.44. The van der Waals surface area contributed by atoms with Crippen LogP contribution in [0.2, 0.25) is 0 Å². The van der Waals surface area contributed by atoms with Gasteiger partial charge in [-0.1, -0.05) is 0 Å². The Morgan fingerprint density at radius 3 is 2.90 bits per heavy atom. The van der Waals surface area contributed by atoms with E-state index in [-0.39, 0.29) is 0 Å². The number of hydrogen-bond donors (Lipinski definition) is 0. The van der Waals surface area contributed by atoms with E-state index in [1.807, 2.05) is 6.92 Å². The molecule has 1 aliphatic heterocycles. The highest BCUT2D eigenvalue weighted by Gasteiger charge is 2.19. The molecule has 0 bridgehead atoms. The van der Waals surface area contributed by atoms with Crippen molar-refractivity contribution in [3.8, 4) is 5.88 Å². The number of thiazole rings is 1. The number of hydrogen-bond acceptors (Lipinski definition) is 6. The molecular weight excluding hydrogens is 272 g/mol. The Morgan fingerprint density at radius 1 is 1.30 bits per heavy atom. The average molecular weight is 290 g/mol. The van der Waals surface area contributed by atoms with Gasteiger partial charge in [-0.05, 0) is 13.3 Å². The first-order valence-electron chi connectivity index (χ1n) is 6.76. The van der Waals surface area contributed by atoms with Crippen LogP contribution in [0, 0.1) is 6.92 Å². The van der Waals surface area contributed by atoms with Crippen molar-refractivity contribution in [2.45, 2.75) is 26.3 Å². The number of methoxy groups -OCH3 is 1. The van der Waals surface area contributed by atoms with Gasteiger partial charge in [0.25, 0.3) is 0 Å². The fourth-order valence-corrected chi connectivity index (χ4v) is 3.19. The fraction of sp³-hybridized carbons (Fsp3) is 0.500. The van der Waals surface area contributed by atoms with Crippen molar-refractivity contribution in [2.24, 2.45) is 0 Å². The van der Waals surface area contributed by atoms with Crippen LogP contribution in [0.3, 0.4) is 0 Å². The molecule has 0 aromatic carbocycles. The quantitative estimate of drug-likeness (QED) is 0.863. The molecule has 6 heteroatoms. The second kappa shape index (κ2) is 5.85. The van der Waals surface area contributed by atoms with Gasteiger partial charge >= 0.3 is 0 Å². The van der Waals surface area contributed by atoms with E-state index in [1.165, 1.54) is 0 Å². The van der Waals surface area contributed by atoms with Crippen LogP contribution in [0.5, 0.6) is 5.88 Å². The maximum Gasteiger partial charge on any atom is 0.219 e. The second-order valence-corrected chi connectivity index (χ2v) is 6.00. The summed E-state index contributed by atoms with van der Waals surface area (Å²) in [6.07, 6.45) is 3.47. The second-order valence-electron chi connectivity index (χ2n) is 4.94. The fourth-order valence-electron chi connectivity index (χ4n) is 2.59. The number of aryl methyl sites for hydroxylation is 1. The lowest BCUT2D eigenvalue weighted by atomic mass is 10.1. The SMILES string of the molecule is COc1ncnc2c1CCN(Cc1csc(C)n1)CC2. The summed E-state index contributed by atoms with van der Waals surface area (Å²) >= 11 is 1.71. The van der Waals surface area contributed by atoms with Crippen LogP contribution in [-0.2, 0) is 19.4 Å². The molecule has 0 unspecified atom stereocenters. The standard InChI is InChI=1S/C14H18N4OS/c1-10-17-11(8-20-10)7-18-5-3-12-13(4-6-18)15-9-16-14(12)19-2/h8-9H,3-7H2,1-2H3. The summed E-state index contributed by atoms with van der Waals surface area (Å²) in [4.78, 5) is 15.6. The maximum atomic E-state index is 5.34. The first kappa shape index (κ1) is 13.5. The van der Waals surface area contributed by atoms with Gasteiger partial charge in [-0.2, -0.15) is 0 Å². The molecule has 0 fully saturated rings. The lowest BCUT2D eigenvalue weighted by Crippen LogP contribution is -2.26. The molecule has 0 atom stereocenters. The van der Waals surface area contributed by atoms with Gasteiger partial charge in [0, 0.05) is 37.0 Å². The summed E-state index contributed by atoms with van der Waals surface area (Å²) in [5.74, 6) is 0.723. The molecule has 20 heavy (non-hydrogen) atoms. The molecule has 0 spiro atoms. The Bertz CT molecular complexity index is 599. The largest absolute Gasteiger partial charge is 0.481 e. The summed E-state index contributed by atoms with van der Waals surface area (Å²) in [6, 6.07) is 0. The number of aromatic nitrogens is 3. The van der Waals surface area contributed by atoms with Gasteiger partial charge in [-0.3, -0.25) is 4.90 Å². The topological polar surface area (TPSA) is 51.1 Å². The smallest absolute Gasteiger partial charge is 0.219 e. The molecule has 2 aromatic heterocycles. The zero-order chi connectivity index (χ0) is 13.9. The molecular formula is C14H18N4OS. The van der Waals surface area contributed by atoms with Crippen LogP contribution in [0.25, 0.3) is 0 Å². The van der Waals surface area contributed by atoms with Crippen LogP contribution in [0.1, 0.15) is 22.0 Å². The van der Waals surface area contributed by atoms with Gasteiger partial charge in [0.05, 0.1) is 23.5 Å². The van der Waals surface area contributed by atoms with Crippen LogP contribution in [0.4, 0.5) is 0 Å². The highest BCUT2D eigenvalue weighted by atomic mass is 32.1. The Kier molecular flexibility index (Phi) is 3.93. The van der Waals surface area contributed by atoms with E-state index in [0.717, 1.165) is 60.3 Å². The highest BCUT2D eigenvalue weighted by Crippen LogP contribution is 2.22. The van der Waals surface area contributed by atoms with Gasteiger partial charge in [-0.25, -0.2) is 15.0 Å². The molecule has 2 aromatic rings. The van der Waals surface area contributed by atoms with Crippen molar-refractivity contribution in [3.05, 3.63) is 33.7 Å². The summed E-state index contributed by atoms with van der Waals surface area (Å²) in [7, 11) is 1.67. The molecule has 1 aliphatic rings. The minimum atomic E-state index is 0.723. The first-order chi connectivity index (χ1) is 9.76. The third kappa shape index (κ3) is 2.81. The first-order valence-corrected chi connectivity index (χ1v) is 7.64. The average Bonchev–Trinajstić information content (AvgIpc) is 2.75. The van der Waals surface area contributed by atoms with Crippen molar-refractivity contribution in [3.63, 3.8) is 0 Å². The molecule has 0 saturated carbocycles. The zero-order valence-electron chi connectivity index (χ0n) is 11.8. The Labute approximate surface area is 122 Å². The van der Waals surface area contributed by atoms with Gasteiger partial charge in [0.1, 0.15) is 6.33 Å². The van der Waals surface area contributed by atoms with Crippen molar-refractivity contribution in [2.75, 3.05) is 20.2 Å². The molecule has 0 saturated heterocycles. The Hall–Kier alpha value is -1.53. The monoisotopic (exact) mass is 290 g/mol. The van der Waals surface area contributed by atoms with Gasteiger partial charge in [-0.15, -0.1) is 11.3 Å². The van der Waals surface area contributed by atoms with E-state index in [9.17, 15) is 0 Å². The summed E-state index contributed by atoms with van der Waals surface area (Å²) < 4.78 is 5.34. The molecule has 0 radical (unpaired) electrons. The van der Waals surface area contributed by atoms with Gasteiger partial charge in [0.2, 0.25) is 5.88 Å². The molecule has 0 aliphatic carbocycles. The lowest BCUT2D eigenvalue weighted by molar-refractivity contribution is 0.275. The number of rotatable bonds is 3. The summed E-state index contributed by atoms with van der Waals surface area (Å²) in [5, 5.41) is 3.28. The van der Waals surface area contributed by atoms with Crippen molar-refractivity contribution < 1.29 is 4.74 Å². The van der Waals surface area contributed by atoms with Crippen LogP contribution >= 0.6 is 11.3 Å². The van der Waals surface area contributed by atoms with Crippen LogP contribution < -0.4 is 4.74 Å². The van der Waals surface area contributed by atoms with Crippen molar-refractivity contribution >= 4 is 11.3 Å². The maximum absolute atomic E-state index is 5.34. The Balaban J connectivity index is 1.72. The molecule has 3 heterocycles. The minimum Gasteiger partial charge on any atom is -0.481 e. The van der Waals surface area contributed by atoms with Gasteiger partial charge in [0.15, 0.2) is 0 Å². The van der Waals surface area contributed by atoms with E-state index in [0.29, 0.717) is 0 Å². The Morgan fingerprint density at radius 2 is 2.15 bits per heavy atom. The van der Waals surface area contributed by atoms with Crippen LogP contribution in [0.15, 0.2) is 11.7 Å². The zero-order valence-corrected chi connectivity index (χ0v) is 12.6. The number of nitrogens with zero attached hydrogens (tertiary/aromatic N) is 4. The molecule has 0 N–H and O–H groups in total. The highest BCUT2D eigenvalue weighted by molar-refractivity contribution is 7.09.